The third-order valence-corrected chi connectivity index (χ3v) is 5.21. The molecule has 112 valence electrons. The lowest BCUT2D eigenvalue weighted by Gasteiger charge is -2.13. The second kappa shape index (κ2) is 7.19. The molecular weight excluding hydrogens is 379 g/mol. The van der Waals surface area contributed by atoms with Crippen LogP contribution in [0.3, 0.4) is 0 Å². The molecule has 0 saturated heterocycles. The highest BCUT2D eigenvalue weighted by molar-refractivity contribution is 9.10. The van der Waals surface area contributed by atoms with Crippen molar-refractivity contribution in [2.24, 2.45) is 0 Å². The zero-order valence-electron chi connectivity index (χ0n) is 11.0. The summed E-state index contributed by atoms with van der Waals surface area (Å²) in [6, 6.07) is 4.48. The highest BCUT2D eigenvalue weighted by atomic mass is 79.9. The minimum absolute atomic E-state index is 0.152. The molecule has 1 unspecified atom stereocenters. The molecule has 0 aliphatic rings. The number of halogens is 2. The second-order valence-electron chi connectivity index (χ2n) is 4.03. The van der Waals surface area contributed by atoms with E-state index in [9.17, 15) is 9.18 Å². The lowest BCUT2D eigenvalue weighted by Crippen LogP contribution is -2.25. The topological polar surface area (TPSA) is 80.9 Å². The molecule has 1 atom stereocenters. The fourth-order valence-electron chi connectivity index (χ4n) is 1.52. The number of nitrogens with zero attached hydrogens (tertiary/aromatic N) is 2. The van der Waals surface area contributed by atoms with Crippen molar-refractivity contribution in [3.8, 4) is 0 Å². The van der Waals surface area contributed by atoms with Gasteiger partial charge in [0.25, 0.3) is 0 Å². The van der Waals surface area contributed by atoms with Crippen LogP contribution in [0, 0.1) is 5.82 Å². The van der Waals surface area contributed by atoms with Gasteiger partial charge in [0.05, 0.1) is 10.9 Å². The average molecular weight is 391 g/mol. The summed E-state index contributed by atoms with van der Waals surface area (Å²) in [5.41, 5.74) is 5.66. The molecule has 1 aromatic carbocycles. The van der Waals surface area contributed by atoms with Crippen molar-refractivity contribution in [2.75, 3.05) is 11.1 Å². The Morgan fingerprint density at radius 2 is 2.33 bits per heavy atom. The first-order valence-corrected chi connectivity index (χ1v) is 8.50. The van der Waals surface area contributed by atoms with Gasteiger partial charge in [-0.1, -0.05) is 46.0 Å². The molecule has 0 radical (unpaired) electrons. The molecule has 0 spiro atoms. The van der Waals surface area contributed by atoms with Crippen molar-refractivity contribution in [3.05, 3.63) is 28.5 Å². The number of nitrogen functional groups attached to an aromatic ring is 1. The molecule has 1 heterocycles. The molecule has 0 bridgehead atoms. The molecule has 1 amide bonds. The number of hydrogen-bond acceptors (Lipinski definition) is 6. The van der Waals surface area contributed by atoms with Crippen LogP contribution in [0.5, 0.6) is 0 Å². The van der Waals surface area contributed by atoms with Crippen molar-refractivity contribution >= 4 is 55.8 Å². The van der Waals surface area contributed by atoms with Gasteiger partial charge in [0, 0.05) is 4.47 Å². The number of hydrogen-bond donors (Lipinski definition) is 2. The largest absolute Gasteiger partial charge is 0.374 e. The Bertz CT molecular complexity index is 652. The molecule has 0 aliphatic carbocycles. The molecule has 21 heavy (non-hydrogen) atoms. The Kier molecular flexibility index (Phi) is 5.54. The van der Waals surface area contributed by atoms with Gasteiger partial charge in [-0.2, -0.15) is 0 Å². The summed E-state index contributed by atoms with van der Waals surface area (Å²) in [6.07, 6.45) is 0.578. The van der Waals surface area contributed by atoms with Crippen molar-refractivity contribution in [1.82, 2.24) is 10.2 Å². The van der Waals surface area contributed by atoms with E-state index in [1.165, 1.54) is 35.2 Å². The second-order valence-corrected chi connectivity index (χ2v) is 7.41. The molecular formula is C12H12BrFN4OS2. The number of benzene rings is 1. The zero-order chi connectivity index (χ0) is 15.4. The Morgan fingerprint density at radius 1 is 1.57 bits per heavy atom. The first-order valence-electron chi connectivity index (χ1n) is 6.01. The van der Waals surface area contributed by atoms with Crippen LogP contribution in [0.15, 0.2) is 27.0 Å². The molecule has 0 aliphatic heterocycles. The zero-order valence-corrected chi connectivity index (χ0v) is 14.2. The predicted octanol–water partition coefficient (Wildman–Crippen LogP) is 3.53. The van der Waals surface area contributed by atoms with Crippen LogP contribution in [-0.4, -0.2) is 21.4 Å². The van der Waals surface area contributed by atoms with Gasteiger partial charge < -0.3 is 11.1 Å². The van der Waals surface area contributed by atoms with Crippen LogP contribution in [0.4, 0.5) is 15.2 Å². The summed E-state index contributed by atoms with van der Waals surface area (Å²) < 4.78 is 15.0. The van der Waals surface area contributed by atoms with Crippen LogP contribution >= 0.6 is 39.0 Å². The van der Waals surface area contributed by atoms with Gasteiger partial charge in [0.15, 0.2) is 4.34 Å². The van der Waals surface area contributed by atoms with Gasteiger partial charge in [-0.3, -0.25) is 4.79 Å². The van der Waals surface area contributed by atoms with Crippen molar-refractivity contribution < 1.29 is 9.18 Å². The van der Waals surface area contributed by atoms with Gasteiger partial charge in [0.1, 0.15) is 5.82 Å². The van der Waals surface area contributed by atoms with Gasteiger partial charge >= 0.3 is 0 Å². The molecule has 2 rings (SSSR count). The van der Waals surface area contributed by atoms with Crippen molar-refractivity contribution in [3.63, 3.8) is 0 Å². The van der Waals surface area contributed by atoms with Gasteiger partial charge in [-0.15, -0.1) is 10.2 Å². The van der Waals surface area contributed by atoms with Crippen LogP contribution in [0.1, 0.15) is 13.3 Å². The van der Waals surface area contributed by atoms with Crippen LogP contribution in [-0.2, 0) is 4.79 Å². The highest BCUT2D eigenvalue weighted by Crippen LogP contribution is 2.30. The molecule has 0 fully saturated rings. The maximum absolute atomic E-state index is 13.7. The molecule has 3 N–H and O–H groups in total. The fourth-order valence-corrected chi connectivity index (χ4v) is 3.65. The molecule has 2 aromatic rings. The number of nitrogens with two attached hydrogens (primary N) is 1. The quantitative estimate of drug-likeness (QED) is 0.763. The minimum atomic E-state index is -0.488. The third-order valence-electron chi connectivity index (χ3n) is 2.52. The molecule has 1 aromatic heterocycles. The van der Waals surface area contributed by atoms with Crippen molar-refractivity contribution in [2.45, 2.75) is 22.9 Å². The van der Waals surface area contributed by atoms with Gasteiger partial charge in [-0.25, -0.2) is 4.39 Å². The van der Waals surface area contributed by atoms with E-state index >= 15 is 0 Å². The van der Waals surface area contributed by atoms with Crippen molar-refractivity contribution in [1.29, 1.82) is 0 Å². The van der Waals surface area contributed by atoms with Crippen LogP contribution < -0.4 is 11.1 Å². The number of anilines is 2. The van der Waals surface area contributed by atoms with E-state index in [1.54, 1.807) is 6.07 Å². The van der Waals surface area contributed by atoms with Crippen LogP contribution in [0.2, 0.25) is 0 Å². The number of aromatic nitrogens is 2. The lowest BCUT2D eigenvalue weighted by atomic mass is 10.2. The third kappa shape index (κ3) is 4.39. The smallest absolute Gasteiger partial charge is 0.238 e. The van der Waals surface area contributed by atoms with Gasteiger partial charge in [-0.05, 0) is 24.6 Å². The number of carbonyl (C=O) groups excluding carboxylic acids is 1. The number of carbonyl (C=O) groups is 1. The maximum Gasteiger partial charge on any atom is 0.238 e. The summed E-state index contributed by atoms with van der Waals surface area (Å²) >= 11 is 5.65. The number of amides is 1. The Balaban J connectivity index is 2.06. The monoisotopic (exact) mass is 390 g/mol. The van der Waals surface area contributed by atoms with E-state index in [0.29, 0.717) is 20.4 Å². The number of nitrogens with one attached hydrogen (secondary N) is 1. The lowest BCUT2D eigenvalue weighted by molar-refractivity contribution is -0.115. The first-order chi connectivity index (χ1) is 9.99. The molecule has 5 nitrogen and oxygen atoms in total. The summed E-state index contributed by atoms with van der Waals surface area (Å²) in [5.74, 6) is -0.768. The van der Waals surface area contributed by atoms with E-state index in [0.717, 1.165) is 0 Å². The first kappa shape index (κ1) is 16.2. The minimum Gasteiger partial charge on any atom is -0.374 e. The number of thioether (sulfide) groups is 1. The number of rotatable bonds is 5. The fraction of sp³-hybridized carbons (Fsp3) is 0.250. The SMILES string of the molecule is CCC(Sc1nnc(N)s1)C(=O)Nc1ccc(Br)cc1F. The summed E-state index contributed by atoms with van der Waals surface area (Å²) in [5, 5.41) is 10.1. The average Bonchev–Trinajstić information content (AvgIpc) is 2.84. The normalized spacial score (nSPS) is 12.1. The standard InChI is InChI=1S/C12H12BrFN4OS2/c1-2-9(20-12-18-17-11(15)21-12)10(19)16-8-4-3-6(13)5-7(8)14/h3-5,9H,2H2,1H3,(H2,15,17)(H,16,19). The predicted molar refractivity (Wildman–Crippen MR) is 87.0 cm³/mol. The van der Waals surface area contributed by atoms with E-state index in [4.69, 9.17) is 5.73 Å². The van der Waals surface area contributed by atoms with E-state index < -0.39 is 5.82 Å². The summed E-state index contributed by atoms with van der Waals surface area (Å²) in [6.45, 7) is 1.87. The summed E-state index contributed by atoms with van der Waals surface area (Å²) in [4.78, 5) is 12.2. The Morgan fingerprint density at radius 3 is 2.90 bits per heavy atom. The Labute approximate surface area is 137 Å². The summed E-state index contributed by atoms with van der Waals surface area (Å²) in [7, 11) is 0. The Hall–Kier alpha value is -1.19. The van der Waals surface area contributed by atoms with E-state index in [2.05, 4.69) is 31.4 Å². The van der Waals surface area contributed by atoms with E-state index in [1.807, 2.05) is 6.92 Å². The van der Waals surface area contributed by atoms with Crippen LogP contribution in [0.25, 0.3) is 0 Å². The highest BCUT2D eigenvalue weighted by Gasteiger charge is 2.21. The van der Waals surface area contributed by atoms with E-state index in [-0.39, 0.29) is 16.8 Å². The molecule has 9 heteroatoms. The molecule has 0 saturated carbocycles. The van der Waals surface area contributed by atoms with Gasteiger partial charge in [0.2, 0.25) is 11.0 Å². The maximum atomic E-state index is 13.7.